The van der Waals surface area contributed by atoms with E-state index in [4.69, 9.17) is 0 Å². The molecule has 0 saturated carbocycles. The Kier molecular flexibility index (Phi) is 6.84. The molecule has 4 heteroatoms. The first-order chi connectivity index (χ1) is 8.80. The highest BCUT2D eigenvalue weighted by Crippen LogP contribution is 2.25. The second-order valence-corrected chi connectivity index (χ2v) is 8.42. The predicted molar refractivity (Wildman–Crippen MR) is 87.5 cm³/mol. The van der Waals surface area contributed by atoms with Gasteiger partial charge in [0.25, 0.3) is 0 Å². The van der Waals surface area contributed by atoms with Crippen molar-refractivity contribution in [2.24, 2.45) is 0 Å². The summed E-state index contributed by atoms with van der Waals surface area (Å²) >= 11 is 5.29. The highest BCUT2D eigenvalue weighted by Gasteiger charge is 2.16. The third-order valence-electron chi connectivity index (χ3n) is 2.61. The average Bonchev–Trinajstić information content (AvgIpc) is 2.23. The lowest BCUT2D eigenvalue weighted by Gasteiger charge is -2.23. The summed E-state index contributed by atoms with van der Waals surface area (Å²) in [5, 5.41) is 3.48. The molecule has 0 aliphatic rings. The van der Waals surface area contributed by atoms with Gasteiger partial charge >= 0.3 is 0 Å². The van der Waals surface area contributed by atoms with Gasteiger partial charge in [0.2, 0.25) is 0 Å². The highest BCUT2D eigenvalue weighted by atomic mass is 79.9. The van der Waals surface area contributed by atoms with Crippen LogP contribution in [0.4, 0.5) is 4.39 Å². The molecule has 1 atom stereocenters. The third-order valence-corrected chi connectivity index (χ3v) is 4.51. The first kappa shape index (κ1) is 17.0. The van der Waals surface area contributed by atoms with Crippen molar-refractivity contribution in [3.05, 3.63) is 34.1 Å². The van der Waals surface area contributed by atoms with Crippen LogP contribution in [-0.2, 0) is 6.42 Å². The molecular weight excluding hydrogens is 325 g/mol. The highest BCUT2D eigenvalue weighted by molar-refractivity contribution is 9.10. The van der Waals surface area contributed by atoms with Crippen LogP contribution >= 0.6 is 27.7 Å². The molecule has 0 fully saturated rings. The first-order valence-electron chi connectivity index (χ1n) is 6.62. The van der Waals surface area contributed by atoms with Crippen molar-refractivity contribution < 1.29 is 4.39 Å². The molecule has 0 aliphatic heterocycles. The average molecular weight is 348 g/mol. The van der Waals surface area contributed by atoms with Crippen LogP contribution in [0.2, 0.25) is 0 Å². The van der Waals surface area contributed by atoms with E-state index in [1.54, 1.807) is 6.07 Å². The Morgan fingerprint density at radius 1 is 1.32 bits per heavy atom. The summed E-state index contributed by atoms with van der Waals surface area (Å²) in [4.78, 5) is 0. The number of likely N-dealkylation sites (N-methyl/N-ethyl adjacent to an activating group) is 1. The van der Waals surface area contributed by atoms with E-state index in [0.717, 1.165) is 28.8 Å². The van der Waals surface area contributed by atoms with Gasteiger partial charge in [0, 0.05) is 21.0 Å². The number of rotatable bonds is 6. The van der Waals surface area contributed by atoms with Crippen LogP contribution in [0.15, 0.2) is 22.7 Å². The molecule has 108 valence electrons. The summed E-state index contributed by atoms with van der Waals surface area (Å²) in [6.07, 6.45) is 0.854. The van der Waals surface area contributed by atoms with Crippen LogP contribution in [0.1, 0.15) is 33.3 Å². The van der Waals surface area contributed by atoms with E-state index in [0.29, 0.717) is 6.04 Å². The molecule has 1 aromatic rings. The third kappa shape index (κ3) is 7.33. The maximum atomic E-state index is 13.4. The van der Waals surface area contributed by atoms with Crippen molar-refractivity contribution in [1.29, 1.82) is 0 Å². The fourth-order valence-electron chi connectivity index (χ4n) is 1.84. The second kappa shape index (κ2) is 7.65. The minimum absolute atomic E-state index is 0.178. The van der Waals surface area contributed by atoms with Crippen molar-refractivity contribution in [3.8, 4) is 0 Å². The van der Waals surface area contributed by atoms with Gasteiger partial charge in [0.05, 0.1) is 0 Å². The Bertz CT molecular complexity index is 383. The minimum atomic E-state index is -0.178. The summed E-state index contributed by atoms with van der Waals surface area (Å²) in [7, 11) is 0. The van der Waals surface area contributed by atoms with E-state index in [-0.39, 0.29) is 10.6 Å². The summed E-state index contributed by atoms with van der Waals surface area (Å²) in [6.45, 7) is 9.71. The lowest BCUT2D eigenvalue weighted by molar-refractivity contribution is 0.566. The van der Waals surface area contributed by atoms with Gasteiger partial charge in [-0.05, 0) is 36.7 Å². The molecular formula is C15H23BrFNS. The Balaban J connectivity index is 2.66. The Morgan fingerprint density at radius 3 is 2.53 bits per heavy atom. The van der Waals surface area contributed by atoms with Crippen molar-refractivity contribution in [3.63, 3.8) is 0 Å². The maximum absolute atomic E-state index is 13.4. The molecule has 1 aromatic carbocycles. The van der Waals surface area contributed by atoms with E-state index in [1.165, 1.54) is 6.07 Å². The van der Waals surface area contributed by atoms with Crippen LogP contribution in [-0.4, -0.2) is 23.1 Å². The molecule has 1 nitrogen and oxygen atoms in total. The van der Waals surface area contributed by atoms with Gasteiger partial charge in [-0.25, -0.2) is 4.39 Å². The molecule has 1 N–H and O–H groups in total. The van der Waals surface area contributed by atoms with Crippen LogP contribution in [0.5, 0.6) is 0 Å². The summed E-state index contributed by atoms with van der Waals surface area (Å²) in [5.74, 6) is 0.856. The monoisotopic (exact) mass is 347 g/mol. The van der Waals surface area contributed by atoms with Crippen molar-refractivity contribution >= 4 is 27.7 Å². The van der Waals surface area contributed by atoms with Crippen LogP contribution in [0.25, 0.3) is 0 Å². The van der Waals surface area contributed by atoms with E-state index < -0.39 is 0 Å². The zero-order valence-corrected chi connectivity index (χ0v) is 14.5. The Hall–Kier alpha value is -0.0600. The number of halogens is 2. The van der Waals surface area contributed by atoms with Gasteiger partial charge in [-0.3, -0.25) is 0 Å². The summed E-state index contributed by atoms with van der Waals surface area (Å²) in [5.41, 5.74) is 1.03. The normalized spacial score (nSPS) is 13.6. The molecule has 0 saturated heterocycles. The molecule has 0 bridgehead atoms. The molecule has 0 radical (unpaired) electrons. The molecule has 1 rings (SSSR count). The van der Waals surface area contributed by atoms with E-state index in [2.05, 4.69) is 48.9 Å². The number of benzene rings is 1. The maximum Gasteiger partial charge on any atom is 0.124 e. The van der Waals surface area contributed by atoms with E-state index in [9.17, 15) is 4.39 Å². The number of thioether (sulfide) groups is 1. The zero-order valence-electron chi connectivity index (χ0n) is 12.1. The van der Waals surface area contributed by atoms with Crippen molar-refractivity contribution in [2.45, 2.75) is 44.9 Å². The molecule has 19 heavy (non-hydrogen) atoms. The molecule has 0 spiro atoms. The number of hydrogen-bond acceptors (Lipinski definition) is 2. The van der Waals surface area contributed by atoms with Crippen LogP contribution in [0.3, 0.4) is 0 Å². The van der Waals surface area contributed by atoms with Gasteiger partial charge in [-0.2, -0.15) is 11.8 Å². The molecule has 1 unspecified atom stereocenters. The largest absolute Gasteiger partial charge is 0.313 e. The first-order valence-corrected chi connectivity index (χ1v) is 8.40. The smallest absolute Gasteiger partial charge is 0.124 e. The molecule has 0 heterocycles. The van der Waals surface area contributed by atoms with Gasteiger partial charge in [0.15, 0.2) is 0 Å². The van der Waals surface area contributed by atoms with E-state index >= 15 is 0 Å². The molecule has 0 amide bonds. The van der Waals surface area contributed by atoms with Crippen LogP contribution < -0.4 is 5.32 Å². The predicted octanol–water partition coefficient (Wildman–Crippen LogP) is 4.64. The lowest BCUT2D eigenvalue weighted by atomic mass is 10.1. The summed E-state index contributed by atoms with van der Waals surface area (Å²) in [6, 6.07) is 5.49. The van der Waals surface area contributed by atoms with Gasteiger partial charge in [0.1, 0.15) is 5.82 Å². The van der Waals surface area contributed by atoms with E-state index in [1.807, 2.05) is 17.8 Å². The second-order valence-electron chi connectivity index (χ2n) is 5.66. The summed E-state index contributed by atoms with van der Waals surface area (Å²) < 4.78 is 14.5. The number of hydrogen-bond donors (Lipinski definition) is 1. The standard InChI is InChI=1S/C15H23BrFNS/c1-5-18-14(10-19-15(2,3)4)8-11-6-12(16)9-13(17)7-11/h6-7,9,14,18H,5,8,10H2,1-4H3. The Morgan fingerprint density at radius 2 is 2.00 bits per heavy atom. The van der Waals surface area contributed by atoms with Gasteiger partial charge in [-0.15, -0.1) is 0 Å². The van der Waals surface area contributed by atoms with Crippen molar-refractivity contribution in [1.82, 2.24) is 5.32 Å². The van der Waals surface area contributed by atoms with Crippen molar-refractivity contribution in [2.75, 3.05) is 12.3 Å². The SMILES string of the molecule is CCNC(CSC(C)(C)C)Cc1cc(F)cc(Br)c1. The molecule has 0 aliphatic carbocycles. The van der Waals surface area contributed by atoms with Gasteiger partial charge in [-0.1, -0.05) is 43.6 Å². The number of nitrogens with one attached hydrogen (secondary N) is 1. The zero-order chi connectivity index (χ0) is 14.5. The molecule has 0 aromatic heterocycles. The topological polar surface area (TPSA) is 12.0 Å². The fraction of sp³-hybridized carbons (Fsp3) is 0.600. The van der Waals surface area contributed by atoms with Gasteiger partial charge < -0.3 is 5.32 Å². The minimum Gasteiger partial charge on any atom is -0.313 e. The Labute approximate surface area is 128 Å². The lowest BCUT2D eigenvalue weighted by Crippen LogP contribution is -2.34. The quantitative estimate of drug-likeness (QED) is 0.804. The fourth-order valence-corrected chi connectivity index (χ4v) is 3.29. The van der Waals surface area contributed by atoms with Crippen LogP contribution in [0, 0.1) is 5.82 Å².